The topological polar surface area (TPSA) is 29.9 Å². The van der Waals surface area contributed by atoms with Gasteiger partial charge in [-0.05, 0) is 47.7 Å². The van der Waals surface area contributed by atoms with Gasteiger partial charge in [-0.2, -0.15) is 5.10 Å². The van der Waals surface area contributed by atoms with Crippen molar-refractivity contribution in [3.8, 4) is 0 Å². The standard InChI is InChI=1S/C12H13FIN3/c1-2-17-8-9(7-16-17)6-15-12-4-3-10(13)5-11(12)14/h3-5,7-8,15H,2,6H2,1H3. The lowest BCUT2D eigenvalue weighted by molar-refractivity contribution is 0.627. The number of nitrogens with zero attached hydrogens (tertiary/aromatic N) is 2. The monoisotopic (exact) mass is 345 g/mol. The zero-order valence-corrected chi connectivity index (χ0v) is 11.6. The predicted octanol–water partition coefficient (Wildman–Crippen LogP) is 3.26. The molecule has 90 valence electrons. The Labute approximate surface area is 113 Å². The van der Waals surface area contributed by atoms with Gasteiger partial charge in [0.25, 0.3) is 0 Å². The average Bonchev–Trinajstić information content (AvgIpc) is 2.76. The zero-order valence-electron chi connectivity index (χ0n) is 9.45. The van der Waals surface area contributed by atoms with Gasteiger partial charge in [0.05, 0.1) is 6.20 Å². The number of anilines is 1. The van der Waals surface area contributed by atoms with Gasteiger partial charge in [-0.3, -0.25) is 4.68 Å². The fourth-order valence-corrected chi connectivity index (χ4v) is 2.17. The van der Waals surface area contributed by atoms with Crippen LogP contribution in [0.2, 0.25) is 0 Å². The maximum absolute atomic E-state index is 12.9. The molecule has 0 unspecified atom stereocenters. The fourth-order valence-electron chi connectivity index (χ4n) is 1.50. The number of rotatable bonds is 4. The summed E-state index contributed by atoms with van der Waals surface area (Å²) < 4.78 is 15.7. The Kier molecular flexibility index (Phi) is 3.98. The molecule has 2 rings (SSSR count). The molecule has 0 atom stereocenters. The summed E-state index contributed by atoms with van der Waals surface area (Å²) in [5.74, 6) is -0.209. The van der Waals surface area contributed by atoms with E-state index in [1.54, 1.807) is 6.07 Å². The van der Waals surface area contributed by atoms with Crippen LogP contribution in [-0.2, 0) is 13.1 Å². The van der Waals surface area contributed by atoms with Crippen molar-refractivity contribution in [1.29, 1.82) is 0 Å². The maximum atomic E-state index is 12.9. The average molecular weight is 345 g/mol. The van der Waals surface area contributed by atoms with Crippen molar-refractivity contribution in [3.63, 3.8) is 0 Å². The summed E-state index contributed by atoms with van der Waals surface area (Å²) >= 11 is 2.12. The number of benzene rings is 1. The normalized spacial score (nSPS) is 10.5. The van der Waals surface area contributed by atoms with Crippen LogP contribution in [0.15, 0.2) is 30.6 Å². The minimum Gasteiger partial charge on any atom is -0.380 e. The SMILES string of the molecule is CCn1cc(CNc2ccc(F)cc2I)cn1. The van der Waals surface area contributed by atoms with E-state index in [9.17, 15) is 4.39 Å². The molecule has 1 aromatic heterocycles. The molecule has 0 amide bonds. The number of hydrogen-bond acceptors (Lipinski definition) is 2. The van der Waals surface area contributed by atoms with Crippen LogP contribution >= 0.6 is 22.6 Å². The van der Waals surface area contributed by atoms with E-state index in [1.807, 2.05) is 24.0 Å². The third-order valence-corrected chi connectivity index (χ3v) is 3.32. The number of nitrogens with one attached hydrogen (secondary N) is 1. The molecule has 0 aliphatic rings. The minimum atomic E-state index is -0.209. The van der Waals surface area contributed by atoms with Crippen molar-refractivity contribution in [2.24, 2.45) is 0 Å². The largest absolute Gasteiger partial charge is 0.380 e. The number of aryl methyl sites for hydroxylation is 1. The van der Waals surface area contributed by atoms with Gasteiger partial charge in [0.15, 0.2) is 0 Å². The zero-order chi connectivity index (χ0) is 12.3. The highest BCUT2D eigenvalue weighted by molar-refractivity contribution is 14.1. The Hall–Kier alpha value is -1.11. The minimum absolute atomic E-state index is 0.209. The first-order valence-corrected chi connectivity index (χ1v) is 6.47. The van der Waals surface area contributed by atoms with Gasteiger partial charge in [0.2, 0.25) is 0 Å². The van der Waals surface area contributed by atoms with Crippen molar-refractivity contribution in [3.05, 3.63) is 45.5 Å². The van der Waals surface area contributed by atoms with Crippen molar-refractivity contribution >= 4 is 28.3 Å². The summed E-state index contributed by atoms with van der Waals surface area (Å²) in [7, 11) is 0. The van der Waals surface area contributed by atoms with Crippen LogP contribution in [0, 0.1) is 9.39 Å². The van der Waals surface area contributed by atoms with Crippen LogP contribution in [0.5, 0.6) is 0 Å². The van der Waals surface area contributed by atoms with E-state index in [2.05, 4.69) is 33.0 Å². The molecular formula is C12H13FIN3. The Morgan fingerprint density at radius 2 is 2.29 bits per heavy atom. The van der Waals surface area contributed by atoms with E-state index in [0.29, 0.717) is 6.54 Å². The van der Waals surface area contributed by atoms with Crippen LogP contribution in [-0.4, -0.2) is 9.78 Å². The quantitative estimate of drug-likeness (QED) is 0.863. The first kappa shape index (κ1) is 12.3. The Balaban J connectivity index is 2.02. The van der Waals surface area contributed by atoms with Gasteiger partial charge in [0.1, 0.15) is 5.82 Å². The lowest BCUT2D eigenvalue weighted by Crippen LogP contribution is -2.00. The molecule has 3 nitrogen and oxygen atoms in total. The smallest absolute Gasteiger partial charge is 0.124 e. The molecule has 0 saturated heterocycles. The Bertz CT molecular complexity index is 510. The van der Waals surface area contributed by atoms with Crippen molar-refractivity contribution in [2.45, 2.75) is 20.0 Å². The molecular weight excluding hydrogens is 332 g/mol. The van der Waals surface area contributed by atoms with Crippen molar-refractivity contribution < 1.29 is 4.39 Å². The molecule has 0 bridgehead atoms. The van der Waals surface area contributed by atoms with E-state index in [0.717, 1.165) is 21.4 Å². The molecule has 0 saturated carbocycles. The van der Waals surface area contributed by atoms with Crippen LogP contribution < -0.4 is 5.32 Å². The van der Waals surface area contributed by atoms with Gasteiger partial charge in [-0.1, -0.05) is 0 Å². The molecule has 17 heavy (non-hydrogen) atoms. The summed E-state index contributed by atoms with van der Waals surface area (Å²) in [5.41, 5.74) is 2.06. The van der Waals surface area contributed by atoms with E-state index in [4.69, 9.17) is 0 Å². The summed E-state index contributed by atoms with van der Waals surface area (Å²) in [6.45, 7) is 3.61. The summed E-state index contributed by atoms with van der Waals surface area (Å²) in [4.78, 5) is 0. The molecule has 1 N–H and O–H groups in total. The van der Waals surface area contributed by atoms with Gasteiger partial charge in [-0.25, -0.2) is 4.39 Å². The number of halogens is 2. The molecule has 0 spiro atoms. The van der Waals surface area contributed by atoms with E-state index in [1.165, 1.54) is 12.1 Å². The first-order valence-electron chi connectivity index (χ1n) is 5.39. The van der Waals surface area contributed by atoms with Crippen molar-refractivity contribution in [1.82, 2.24) is 9.78 Å². The van der Waals surface area contributed by atoms with Crippen LogP contribution in [0.25, 0.3) is 0 Å². The molecule has 0 radical (unpaired) electrons. The lowest BCUT2D eigenvalue weighted by atomic mass is 10.3. The second-order valence-electron chi connectivity index (χ2n) is 3.68. The summed E-state index contributed by atoms with van der Waals surface area (Å²) in [5, 5.41) is 7.46. The molecule has 0 aliphatic carbocycles. The first-order chi connectivity index (χ1) is 8.19. The van der Waals surface area contributed by atoms with Gasteiger partial charge in [-0.15, -0.1) is 0 Å². The molecule has 1 aromatic carbocycles. The third kappa shape index (κ3) is 3.18. The predicted molar refractivity (Wildman–Crippen MR) is 74.3 cm³/mol. The van der Waals surface area contributed by atoms with Crippen LogP contribution in [0.4, 0.5) is 10.1 Å². The molecule has 2 aromatic rings. The Morgan fingerprint density at radius 3 is 2.94 bits per heavy atom. The van der Waals surface area contributed by atoms with E-state index >= 15 is 0 Å². The molecule has 0 fully saturated rings. The van der Waals surface area contributed by atoms with Gasteiger partial charge < -0.3 is 5.32 Å². The van der Waals surface area contributed by atoms with Gasteiger partial charge >= 0.3 is 0 Å². The third-order valence-electron chi connectivity index (χ3n) is 2.42. The van der Waals surface area contributed by atoms with Crippen molar-refractivity contribution in [2.75, 3.05) is 5.32 Å². The Morgan fingerprint density at radius 1 is 1.47 bits per heavy atom. The molecule has 5 heteroatoms. The lowest BCUT2D eigenvalue weighted by Gasteiger charge is -2.07. The second-order valence-corrected chi connectivity index (χ2v) is 4.84. The second kappa shape index (κ2) is 5.48. The van der Waals surface area contributed by atoms with E-state index < -0.39 is 0 Å². The van der Waals surface area contributed by atoms with Crippen LogP contribution in [0.3, 0.4) is 0 Å². The number of hydrogen-bond donors (Lipinski definition) is 1. The number of aromatic nitrogens is 2. The summed E-state index contributed by atoms with van der Waals surface area (Å²) in [6.07, 6.45) is 3.84. The highest BCUT2D eigenvalue weighted by Gasteiger charge is 2.02. The highest BCUT2D eigenvalue weighted by Crippen LogP contribution is 2.19. The van der Waals surface area contributed by atoms with Crippen LogP contribution in [0.1, 0.15) is 12.5 Å². The summed E-state index contributed by atoms with van der Waals surface area (Å²) in [6, 6.07) is 4.72. The maximum Gasteiger partial charge on any atom is 0.124 e. The molecule has 1 heterocycles. The van der Waals surface area contributed by atoms with Gasteiger partial charge in [0, 0.05) is 34.1 Å². The highest BCUT2D eigenvalue weighted by atomic mass is 127. The fraction of sp³-hybridized carbons (Fsp3) is 0.250. The molecule has 0 aliphatic heterocycles. The van der Waals surface area contributed by atoms with E-state index in [-0.39, 0.29) is 5.82 Å².